The average Bonchev–Trinajstić information content (AvgIpc) is 2.22. The molecular weight excluding hydrogens is 411 g/mol. The van der Waals surface area contributed by atoms with E-state index in [2.05, 4.69) is 14.5 Å². The minimum atomic E-state index is -5.38. The number of rotatable bonds is 2. The second-order valence-electron chi connectivity index (χ2n) is 3.21. The second-order valence-corrected chi connectivity index (χ2v) is 4.37. The van der Waals surface area contributed by atoms with Crippen LogP contribution in [0, 0.1) is 3.57 Å². The van der Waals surface area contributed by atoms with Crippen LogP contribution in [0.4, 0.5) is 26.3 Å². The van der Waals surface area contributed by atoms with E-state index in [1.54, 1.807) is 0 Å². The normalized spacial score (nSPS) is 12.2. The van der Waals surface area contributed by atoms with Crippen molar-refractivity contribution in [2.24, 2.45) is 0 Å². The van der Waals surface area contributed by atoms with Crippen LogP contribution >= 0.6 is 22.6 Å². The van der Waals surface area contributed by atoms with Gasteiger partial charge in [0, 0.05) is 3.57 Å². The molecule has 0 spiro atoms. The van der Waals surface area contributed by atoms with Gasteiger partial charge in [-0.05, 0) is 28.7 Å². The van der Waals surface area contributed by atoms with E-state index >= 15 is 0 Å². The lowest BCUT2D eigenvalue weighted by atomic mass is 10.2. The second kappa shape index (κ2) is 5.61. The number of esters is 1. The predicted octanol–water partition coefficient (Wildman–Crippen LogP) is 3.39. The van der Waals surface area contributed by atoms with Crippen molar-refractivity contribution in [3.8, 4) is 5.88 Å². The molecule has 0 aliphatic heterocycles. The average molecular weight is 415 g/mol. The molecule has 1 aromatic rings. The van der Waals surface area contributed by atoms with Crippen LogP contribution in [0.1, 0.15) is 16.1 Å². The Morgan fingerprint density at radius 2 is 1.80 bits per heavy atom. The first-order chi connectivity index (χ1) is 8.95. The van der Waals surface area contributed by atoms with Crippen molar-refractivity contribution in [2.45, 2.75) is 12.5 Å². The van der Waals surface area contributed by atoms with Gasteiger partial charge in [-0.1, -0.05) is 0 Å². The number of hydrogen-bond donors (Lipinski definition) is 0. The van der Waals surface area contributed by atoms with Crippen molar-refractivity contribution < 1.29 is 40.6 Å². The Morgan fingerprint density at radius 1 is 1.25 bits per heavy atom. The first kappa shape index (κ1) is 16.8. The minimum absolute atomic E-state index is 0.651. The standard InChI is InChI=1S/C9H4F6INO3/c1-19-7(18)4-2-3(16)5(8(10,11)12)6(17-4)20-9(13,14)15/h2H,1H3. The number of carbonyl (C=O) groups excluding carboxylic acids is 1. The van der Waals surface area contributed by atoms with Crippen LogP contribution in [-0.2, 0) is 10.9 Å². The van der Waals surface area contributed by atoms with Crippen molar-refractivity contribution in [1.82, 2.24) is 4.98 Å². The zero-order chi connectivity index (χ0) is 15.7. The summed E-state index contributed by atoms with van der Waals surface area (Å²) in [6.45, 7) is 0. The molecule has 0 unspecified atom stereocenters. The van der Waals surface area contributed by atoms with E-state index in [1.807, 2.05) is 0 Å². The van der Waals surface area contributed by atoms with Crippen molar-refractivity contribution in [3.05, 3.63) is 20.9 Å². The molecule has 1 aromatic heterocycles. The third kappa shape index (κ3) is 4.11. The summed E-state index contributed by atoms with van der Waals surface area (Å²) in [6, 6.07) is 0.651. The molecule has 0 aliphatic rings. The van der Waals surface area contributed by atoms with E-state index < -0.39 is 39.2 Å². The number of halogens is 7. The molecule has 4 nitrogen and oxygen atoms in total. The fourth-order valence-electron chi connectivity index (χ4n) is 1.14. The van der Waals surface area contributed by atoms with Gasteiger partial charge in [-0.25, -0.2) is 9.78 Å². The Morgan fingerprint density at radius 3 is 2.20 bits per heavy atom. The van der Waals surface area contributed by atoms with Gasteiger partial charge in [-0.15, -0.1) is 13.2 Å². The summed E-state index contributed by atoms with van der Waals surface area (Å²) in [5.74, 6) is -2.94. The zero-order valence-electron chi connectivity index (χ0n) is 9.40. The maximum Gasteiger partial charge on any atom is 0.574 e. The number of carbonyl (C=O) groups is 1. The highest BCUT2D eigenvalue weighted by atomic mass is 127. The largest absolute Gasteiger partial charge is 0.574 e. The fourth-order valence-corrected chi connectivity index (χ4v) is 1.97. The van der Waals surface area contributed by atoms with Crippen molar-refractivity contribution in [1.29, 1.82) is 0 Å². The Labute approximate surface area is 121 Å². The van der Waals surface area contributed by atoms with Gasteiger partial charge < -0.3 is 9.47 Å². The molecule has 0 aromatic carbocycles. The summed E-state index contributed by atoms with van der Waals surface area (Å²) in [5, 5.41) is 0. The third-order valence-electron chi connectivity index (χ3n) is 1.83. The summed E-state index contributed by atoms with van der Waals surface area (Å²) in [4.78, 5) is 14.1. The van der Waals surface area contributed by atoms with Crippen molar-refractivity contribution in [3.63, 3.8) is 0 Å². The highest BCUT2D eigenvalue weighted by Gasteiger charge is 2.42. The van der Waals surface area contributed by atoms with E-state index in [-0.39, 0.29) is 0 Å². The van der Waals surface area contributed by atoms with Crippen LogP contribution in [0.15, 0.2) is 6.07 Å². The van der Waals surface area contributed by atoms with Crippen molar-refractivity contribution in [2.75, 3.05) is 7.11 Å². The lowest BCUT2D eigenvalue weighted by Gasteiger charge is -2.16. The van der Waals surface area contributed by atoms with Gasteiger partial charge >= 0.3 is 18.5 Å². The third-order valence-corrected chi connectivity index (χ3v) is 2.68. The topological polar surface area (TPSA) is 48.4 Å². The molecule has 1 heterocycles. The van der Waals surface area contributed by atoms with E-state index in [0.29, 0.717) is 6.07 Å². The van der Waals surface area contributed by atoms with Crippen LogP contribution in [0.2, 0.25) is 0 Å². The van der Waals surface area contributed by atoms with Gasteiger partial charge in [0.1, 0.15) is 5.56 Å². The molecule has 0 fully saturated rings. The summed E-state index contributed by atoms with van der Waals surface area (Å²) in [6.07, 6.45) is -10.5. The Bertz CT molecular complexity index is 528. The van der Waals surface area contributed by atoms with E-state index in [1.165, 1.54) is 0 Å². The van der Waals surface area contributed by atoms with Crippen LogP contribution in [-0.4, -0.2) is 24.4 Å². The summed E-state index contributed by atoms with van der Waals surface area (Å²) in [7, 11) is 0.902. The van der Waals surface area contributed by atoms with Crippen LogP contribution < -0.4 is 4.74 Å². The number of hydrogen-bond acceptors (Lipinski definition) is 4. The highest BCUT2D eigenvalue weighted by Crippen LogP contribution is 2.40. The molecule has 112 valence electrons. The highest BCUT2D eigenvalue weighted by molar-refractivity contribution is 14.1. The monoisotopic (exact) mass is 415 g/mol. The Balaban J connectivity index is 3.48. The van der Waals surface area contributed by atoms with E-state index in [0.717, 1.165) is 29.7 Å². The molecule has 0 radical (unpaired) electrons. The van der Waals surface area contributed by atoms with Gasteiger partial charge in [0.25, 0.3) is 0 Å². The van der Waals surface area contributed by atoms with E-state index in [9.17, 15) is 31.1 Å². The van der Waals surface area contributed by atoms with Crippen LogP contribution in [0.25, 0.3) is 0 Å². The Hall–Kier alpha value is -1.27. The van der Waals surface area contributed by atoms with Crippen LogP contribution in [0.5, 0.6) is 5.88 Å². The van der Waals surface area contributed by atoms with E-state index in [4.69, 9.17) is 0 Å². The molecule has 0 N–H and O–H groups in total. The zero-order valence-corrected chi connectivity index (χ0v) is 11.6. The lowest BCUT2D eigenvalue weighted by Crippen LogP contribution is -2.23. The van der Waals surface area contributed by atoms with Gasteiger partial charge in [0.05, 0.1) is 7.11 Å². The molecule has 0 saturated carbocycles. The maximum atomic E-state index is 12.7. The molecule has 11 heteroatoms. The summed E-state index contributed by atoms with van der Waals surface area (Å²) >= 11 is 1.12. The number of pyridine rings is 1. The van der Waals surface area contributed by atoms with Gasteiger partial charge in [-0.3, -0.25) is 0 Å². The molecule has 0 amide bonds. The van der Waals surface area contributed by atoms with Gasteiger partial charge in [-0.2, -0.15) is 13.2 Å². The molecule has 0 atom stereocenters. The summed E-state index contributed by atoms with van der Waals surface area (Å²) < 4.78 is 81.1. The molecular formula is C9H4F6INO3. The molecule has 0 aliphatic carbocycles. The number of alkyl halides is 6. The minimum Gasteiger partial charge on any atom is -0.464 e. The Kier molecular flexibility index (Phi) is 4.71. The van der Waals surface area contributed by atoms with Crippen LogP contribution in [0.3, 0.4) is 0 Å². The van der Waals surface area contributed by atoms with Gasteiger partial charge in [0.15, 0.2) is 5.69 Å². The number of ether oxygens (including phenoxy) is 2. The number of nitrogens with zero attached hydrogens (tertiary/aromatic N) is 1. The maximum absolute atomic E-state index is 12.7. The molecule has 1 rings (SSSR count). The number of aromatic nitrogens is 1. The van der Waals surface area contributed by atoms with Crippen molar-refractivity contribution >= 4 is 28.6 Å². The molecule has 0 saturated heterocycles. The quantitative estimate of drug-likeness (QED) is 0.423. The fraction of sp³-hybridized carbons (Fsp3) is 0.333. The number of methoxy groups -OCH3 is 1. The lowest BCUT2D eigenvalue weighted by molar-refractivity contribution is -0.278. The first-order valence-corrected chi connectivity index (χ1v) is 5.65. The molecule has 0 bridgehead atoms. The SMILES string of the molecule is COC(=O)c1cc(I)c(C(F)(F)F)c(OC(F)(F)F)n1. The first-order valence-electron chi connectivity index (χ1n) is 4.57. The van der Waals surface area contributed by atoms with Gasteiger partial charge in [0.2, 0.25) is 5.88 Å². The predicted molar refractivity (Wildman–Crippen MR) is 60.0 cm³/mol. The smallest absolute Gasteiger partial charge is 0.464 e. The summed E-state index contributed by atoms with van der Waals surface area (Å²) in [5.41, 5.74) is -2.45. The molecule has 20 heavy (non-hydrogen) atoms.